The van der Waals surface area contributed by atoms with E-state index in [4.69, 9.17) is 0 Å². The van der Waals surface area contributed by atoms with Gasteiger partial charge in [0.25, 0.3) is 5.91 Å². The van der Waals surface area contributed by atoms with Gasteiger partial charge in [0.05, 0.1) is 11.6 Å². The van der Waals surface area contributed by atoms with E-state index in [1.54, 1.807) is 0 Å². The Labute approximate surface area is 153 Å². The summed E-state index contributed by atoms with van der Waals surface area (Å²) in [4.78, 5) is 27.2. The molecule has 0 bridgehead atoms. The zero-order valence-electron chi connectivity index (χ0n) is 15.3. The number of nitrogens with one attached hydrogen (secondary N) is 2. The molecule has 1 saturated heterocycles. The fourth-order valence-electron chi connectivity index (χ4n) is 4.31. The van der Waals surface area contributed by atoms with Gasteiger partial charge in [-0.25, -0.2) is 0 Å². The van der Waals surface area contributed by atoms with Crippen molar-refractivity contribution in [3.63, 3.8) is 0 Å². The van der Waals surface area contributed by atoms with Gasteiger partial charge >= 0.3 is 0 Å². The zero-order chi connectivity index (χ0) is 18.1. The molecule has 2 amide bonds. The van der Waals surface area contributed by atoms with Crippen molar-refractivity contribution in [2.75, 3.05) is 6.54 Å². The number of nitrogens with zero attached hydrogens (tertiary/aromatic N) is 2. The van der Waals surface area contributed by atoms with E-state index in [0.717, 1.165) is 29.3 Å². The molecule has 4 rings (SSSR count). The molecule has 2 N–H and O–H groups in total. The second-order valence-corrected chi connectivity index (χ2v) is 7.69. The molecule has 1 aliphatic carbocycles. The molecule has 26 heavy (non-hydrogen) atoms. The molecule has 0 spiro atoms. The molecule has 2 heterocycles. The topological polar surface area (TPSA) is 78.1 Å². The Morgan fingerprint density at radius 2 is 2.00 bits per heavy atom. The summed E-state index contributed by atoms with van der Waals surface area (Å²) in [7, 11) is 0. The second kappa shape index (κ2) is 7.09. The van der Waals surface area contributed by atoms with E-state index in [2.05, 4.69) is 15.5 Å². The second-order valence-electron chi connectivity index (χ2n) is 7.69. The van der Waals surface area contributed by atoms with Crippen LogP contribution in [0.25, 0.3) is 10.9 Å². The molecule has 1 aliphatic heterocycles. The monoisotopic (exact) mass is 354 g/mol. The molecule has 0 radical (unpaired) electrons. The number of aromatic amines is 1. The number of H-pyrrole nitrogens is 1. The highest BCUT2D eigenvalue weighted by atomic mass is 16.2. The number of carbonyl (C=O) groups is 2. The molecule has 1 unspecified atom stereocenters. The summed E-state index contributed by atoms with van der Waals surface area (Å²) >= 11 is 0. The number of hydrogen-bond donors (Lipinski definition) is 2. The van der Waals surface area contributed by atoms with Gasteiger partial charge in [0.1, 0.15) is 0 Å². The molecule has 138 valence electrons. The summed E-state index contributed by atoms with van der Waals surface area (Å²) in [5, 5.41) is 10.9. The minimum Gasteiger partial charge on any atom is -0.346 e. The maximum absolute atomic E-state index is 12.7. The lowest BCUT2D eigenvalue weighted by Gasteiger charge is -2.27. The van der Waals surface area contributed by atoms with E-state index in [9.17, 15) is 9.59 Å². The minimum atomic E-state index is -0.206. The molecular formula is C20H26N4O2. The van der Waals surface area contributed by atoms with Gasteiger partial charge in [0.2, 0.25) is 5.91 Å². The molecule has 1 aromatic carbocycles. The van der Waals surface area contributed by atoms with Crippen molar-refractivity contribution in [1.82, 2.24) is 20.4 Å². The average Bonchev–Trinajstić information content (AvgIpc) is 3.07. The molecule has 6 heteroatoms. The quantitative estimate of drug-likeness (QED) is 0.832. The number of aryl methyl sites for hydroxylation is 1. The average molecular weight is 354 g/mol. The Morgan fingerprint density at radius 1 is 1.23 bits per heavy atom. The van der Waals surface area contributed by atoms with Gasteiger partial charge in [-0.05, 0) is 31.9 Å². The van der Waals surface area contributed by atoms with Gasteiger partial charge in [-0.2, -0.15) is 5.10 Å². The summed E-state index contributed by atoms with van der Waals surface area (Å²) in [6, 6.07) is 6.10. The number of likely N-dealkylation sites (tertiary alicyclic amines) is 1. The lowest BCUT2D eigenvalue weighted by Crippen LogP contribution is -2.40. The molecule has 2 fully saturated rings. The summed E-state index contributed by atoms with van der Waals surface area (Å²) in [6.07, 6.45) is 7.51. The first kappa shape index (κ1) is 17.1. The van der Waals surface area contributed by atoms with Crippen molar-refractivity contribution >= 4 is 22.7 Å². The maximum atomic E-state index is 12.7. The molecular weight excluding hydrogens is 328 g/mol. The van der Waals surface area contributed by atoms with Crippen molar-refractivity contribution in [2.45, 2.75) is 64.0 Å². The normalized spacial score (nSPS) is 22.0. The summed E-state index contributed by atoms with van der Waals surface area (Å²) in [5.74, 6) is -0.0349. The van der Waals surface area contributed by atoms with Crippen LogP contribution >= 0.6 is 0 Å². The Balaban J connectivity index is 1.44. The van der Waals surface area contributed by atoms with Crippen molar-refractivity contribution in [3.05, 3.63) is 29.5 Å². The molecule has 2 aromatic rings. The Bertz CT molecular complexity index is 820. The maximum Gasteiger partial charge on any atom is 0.272 e. The van der Waals surface area contributed by atoms with Gasteiger partial charge < -0.3 is 10.2 Å². The predicted octanol–water partition coefficient (Wildman–Crippen LogP) is 2.92. The molecule has 2 aliphatic rings. The van der Waals surface area contributed by atoms with Gasteiger partial charge in [-0.1, -0.05) is 37.3 Å². The van der Waals surface area contributed by atoms with E-state index in [-0.39, 0.29) is 17.9 Å². The standard InChI is InChI=1S/C20H26N4O2/c1-13-8-9-17-16(10-13)19(23-22-17)20(26)21-14-11-18(25)24(12-14)15-6-4-2-3-5-7-15/h8-10,14-15H,2-7,11-12H2,1H3,(H,21,26)(H,22,23). The smallest absolute Gasteiger partial charge is 0.272 e. The first-order valence-electron chi connectivity index (χ1n) is 9.67. The van der Waals surface area contributed by atoms with Gasteiger partial charge in [-0.3, -0.25) is 14.7 Å². The fraction of sp³-hybridized carbons (Fsp3) is 0.550. The number of rotatable bonds is 3. The van der Waals surface area contributed by atoms with Crippen LogP contribution in [-0.4, -0.2) is 45.5 Å². The highest BCUT2D eigenvalue weighted by Gasteiger charge is 2.35. The van der Waals surface area contributed by atoms with E-state index in [1.807, 2.05) is 30.0 Å². The van der Waals surface area contributed by atoms with Crippen molar-refractivity contribution in [1.29, 1.82) is 0 Å². The summed E-state index contributed by atoms with van der Waals surface area (Å²) < 4.78 is 0. The van der Waals surface area contributed by atoms with Crippen molar-refractivity contribution in [3.8, 4) is 0 Å². The zero-order valence-corrected chi connectivity index (χ0v) is 15.3. The van der Waals surface area contributed by atoms with Crippen LogP contribution in [0.2, 0.25) is 0 Å². The first-order chi connectivity index (χ1) is 12.6. The van der Waals surface area contributed by atoms with Crippen LogP contribution in [0.1, 0.15) is 61.0 Å². The molecule has 1 saturated carbocycles. The van der Waals surface area contributed by atoms with Gasteiger partial charge in [0.15, 0.2) is 5.69 Å². The van der Waals surface area contributed by atoms with Crippen molar-refractivity contribution < 1.29 is 9.59 Å². The van der Waals surface area contributed by atoms with E-state index in [0.29, 0.717) is 24.7 Å². The SMILES string of the molecule is Cc1ccc2[nH]nc(C(=O)NC3CC(=O)N(C4CCCCCC4)C3)c2c1. The molecule has 6 nitrogen and oxygen atoms in total. The van der Waals surface area contributed by atoms with Crippen LogP contribution in [0.4, 0.5) is 0 Å². The third-order valence-corrected chi connectivity index (χ3v) is 5.69. The molecule has 1 aromatic heterocycles. The number of benzene rings is 1. The van der Waals surface area contributed by atoms with Crippen LogP contribution in [0.15, 0.2) is 18.2 Å². The van der Waals surface area contributed by atoms with Crippen LogP contribution in [0, 0.1) is 6.92 Å². The Hall–Kier alpha value is -2.37. The van der Waals surface area contributed by atoms with Crippen LogP contribution in [-0.2, 0) is 4.79 Å². The largest absolute Gasteiger partial charge is 0.346 e. The van der Waals surface area contributed by atoms with Gasteiger partial charge in [-0.15, -0.1) is 0 Å². The highest BCUT2D eigenvalue weighted by molar-refractivity contribution is 6.05. The first-order valence-corrected chi connectivity index (χ1v) is 9.67. The number of fused-ring (bicyclic) bond motifs is 1. The van der Waals surface area contributed by atoms with E-state index < -0.39 is 0 Å². The highest BCUT2D eigenvalue weighted by Crippen LogP contribution is 2.26. The number of amides is 2. The lowest BCUT2D eigenvalue weighted by atomic mass is 10.1. The minimum absolute atomic E-state index is 0.130. The summed E-state index contributed by atoms with van der Waals surface area (Å²) in [6.45, 7) is 2.62. The lowest BCUT2D eigenvalue weighted by molar-refractivity contribution is -0.129. The number of carbonyl (C=O) groups excluding carboxylic acids is 2. The fourth-order valence-corrected chi connectivity index (χ4v) is 4.31. The van der Waals surface area contributed by atoms with Crippen LogP contribution in [0.3, 0.4) is 0 Å². The Morgan fingerprint density at radius 3 is 2.77 bits per heavy atom. The van der Waals surface area contributed by atoms with Gasteiger partial charge in [0, 0.05) is 24.4 Å². The van der Waals surface area contributed by atoms with Crippen LogP contribution < -0.4 is 5.32 Å². The number of aromatic nitrogens is 2. The predicted molar refractivity (Wildman–Crippen MR) is 99.9 cm³/mol. The molecule has 1 atom stereocenters. The van der Waals surface area contributed by atoms with E-state index >= 15 is 0 Å². The number of hydrogen-bond acceptors (Lipinski definition) is 3. The van der Waals surface area contributed by atoms with Crippen molar-refractivity contribution in [2.24, 2.45) is 0 Å². The third kappa shape index (κ3) is 3.32. The summed E-state index contributed by atoms with van der Waals surface area (Å²) in [5.41, 5.74) is 2.34. The Kier molecular flexibility index (Phi) is 4.66. The van der Waals surface area contributed by atoms with E-state index in [1.165, 1.54) is 25.7 Å². The third-order valence-electron chi connectivity index (χ3n) is 5.69. The van der Waals surface area contributed by atoms with Crippen LogP contribution in [0.5, 0.6) is 0 Å².